The Hall–Kier alpha value is -1.52. The van der Waals surface area contributed by atoms with Gasteiger partial charge in [-0.05, 0) is 32.1 Å². The molecule has 17 heavy (non-hydrogen) atoms. The molecule has 2 amide bonds. The zero-order valence-electron chi connectivity index (χ0n) is 10.1. The van der Waals surface area contributed by atoms with E-state index < -0.39 is 5.97 Å². The van der Waals surface area contributed by atoms with Crippen molar-refractivity contribution in [1.82, 2.24) is 10.6 Å². The van der Waals surface area contributed by atoms with Crippen LogP contribution in [0.25, 0.3) is 0 Å². The van der Waals surface area contributed by atoms with Crippen LogP contribution in [-0.2, 0) is 4.79 Å². The summed E-state index contributed by atoms with van der Waals surface area (Å²) < 4.78 is 0. The highest BCUT2D eigenvalue weighted by molar-refractivity contribution is 5.75. The molecule has 96 valence electrons. The molecule has 1 fully saturated rings. The molecule has 1 aliphatic rings. The molecule has 1 aliphatic carbocycles. The number of aliphatic carboxylic acids is 1. The molecule has 1 rings (SSSR count). The van der Waals surface area contributed by atoms with Crippen molar-refractivity contribution in [3.05, 3.63) is 12.2 Å². The van der Waals surface area contributed by atoms with Gasteiger partial charge in [0.05, 0.1) is 6.42 Å². The summed E-state index contributed by atoms with van der Waals surface area (Å²) in [6.45, 7) is 2.50. The Morgan fingerprint density at radius 1 is 1.47 bits per heavy atom. The van der Waals surface area contributed by atoms with E-state index in [1.165, 1.54) is 0 Å². The Kier molecular flexibility index (Phi) is 5.52. The highest BCUT2D eigenvalue weighted by Crippen LogP contribution is 2.33. The summed E-state index contributed by atoms with van der Waals surface area (Å²) in [6, 6.07) is -0.498. The second-order valence-electron chi connectivity index (χ2n) is 4.30. The first-order valence-corrected chi connectivity index (χ1v) is 6.00. The first-order valence-electron chi connectivity index (χ1n) is 6.00. The molecular formula is C12H20N2O3. The topological polar surface area (TPSA) is 78.4 Å². The van der Waals surface area contributed by atoms with E-state index in [0.717, 1.165) is 19.3 Å². The zero-order chi connectivity index (χ0) is 12.7. The third-order valence-electron chi connectivity index (χ3n) is 2.73. The van der Waals surface area contributed by atoms with Gasteiger partial charge in [0.25, 0.3) is 0 Å². The Labute approximate surface area is 101 Å². The van der Waals surface area contributed by atoms with Crippen molar-refractivity contribution in [3.8, 4) is 0 Å². The maximum atomic E-state index is 11.5. The summed E-state index contributed by atoms with van der Waals surface area (Å²) in [5, 5.41) is 14.2. The van der Waals surface area contributed by atoms with E-state index in [4.69, 9.17) is 5.11 Å². The van der Waals surface area contributed by atoms with E-state index in [-0.39, 0.29) is 18.5 Å². The minimum Gasteiger partial charge on any atom is -0.481 e. The zero-order valence-corrected chi connectivity index (χ0v) is 10.1. The summed E-state index contributed by atoms with van der Waals surface area (Å²) in [4.78, 5) is 22.1. The van der Waals surface area contributed by atoms with Crippen LogP contribution in [0, 0.1) is 5.92 Å². The smallest absolute Gasteiger partial charge is 0.315 e. The van der Waals surface area contributed by atoms with Crippen molar-refractivity contribution in [2.75, 3.05) is 6.54 Å². The van der Waals surface area contributed by atoms with Gasteiger partial charge in [0.15, 0.2) is 0 Å². The first-order chi connectivity index (χ1) is 8.13. The summed E-state index contributed by atoms with van der Waals surface area (Å²) in [5.74, 6) is -0.525. The Morgan fingerprint density at radius 2 is 2.18 bits per heavy atom. The average Bonchev–Trinajstić information content (AvgIpc) is 3.06. The van der Waals surface area contributed by atoms with Gasteiger partial charge in [-0.25, -0.2) is 4.79 Å². The number of amides is 2. The maximum absolute atomic E-state index is 11.5. The molecule has 0 aliphatic heterocycles. The van der Waals surface area contributed by atoms with Crippen molar-refractivity contribution in [1.29, 1.82) is 0 Å². The fourth-order valence-electron chi connectivity index (χ4n) is 1.68. The van der Waals surface area contributed by atoms with Crippen LogP contribution in [0.2, 0.25) is 0 Å². The molecule has 0 spiro atoms. The number of carboxylic acid groups (broad SMARTS) is 1. The van der Waals surface area contributed by atoms with Crippen molar-refractivity contribution in [2.45, 2.75) is 38.6 Å². The Bertz CT molecular complexity index is 298. The van der Waals surface area contributed by atoms with Crippen LogP contribution in [0.15, 0.2) is 12.2 Å². The van der Waals surface area contributed by atoms with Gasteiger partial charge in [-0.1, -0.05) is 12.2 Å². The predicted octanol–water partition coefficient (Wildman–Crippen LogP) is 1.51. The molecule has 5 nitrogen and oxygen atoms in total. The van der Waals surface area contributed by atoms with Crippen LogP contribution in [0.4, 0.5) is 4.79 Å². The molecule has 1 atom stereocenters. The largest absolute Gasteiger partial charge is 0.481 e. The monoisotopic (exact) mass is 240 g/mol. The molecule has 0 aromatic rings. The molecular weight excluding hydrogens is 220 g/mol. The molecule has 3 N–H and O–H groups in total. The molecule has 1 unspecified atom stereocenters. The van der Waals surface area contributed by atoms with Crippen LogP contribution < -0.4 is 10.6 Å². The molecule has 0 bridgehead atoms. The second-order valence-corrected chi connectivity index (χ2v) is 4.30. The van der Waals surface area contributed by atoms with Gasteiger partial charge >= 0.3 is 12.0 Å². The maximum Gasteiger partial charge on any atom is 0.315 e. The normalized spacial score (nSPS) is 16.8. The minimum absolute atomic E-state index is 0.00689. The van der Waals surface area contributed by atoms with Gasteiger partial charge < -0.3 is 15.7 Å². The number of nitrogens with one attached hydrogen (secondary N) is 2. The van der Waals surface area contributed by atoms with Crippen LogP contribution in [-0.4, -0.2) is 29.7 Å². The number of carbonyl (C=O) groups excluding carboxylic acids is 1. The molecule has 0 radical (unpaired) electrons. The number of allylic oxidation sites excluding steroid dienone is 1. The van der Waals surface area contributed by atoms with Crippen molar-refractivity contribution >= 4 is 12.0 Å². The fraction of sp³-hybridized carbons (Fsp3) is 0.667. The summed E-state index contributed by atoms with van der Waals surface area (Å²) in [7, 11) is 0. The molecule has 0 heterocycles. The number of carboxylic acids is 1. The van der Waals surface area contributed by atoms with Crippen LogP contribution >= 0.6 is 0 Å². The molecule has 0 aromatic carbocycles. The van der Waals surface area contributed by atoms with Crippen LogP contribution in [0.1, 0.15) is 32.6 Å². The summed E-state index contributed by atoms with van der Waals surface area (Å²) >= 11 is 0. The highest BCUT2D eigenvalue weighted by atomic mass is 16.4. The second kappa shape index (κ2) is 6.93. The Morgan fingerprint density at radius 3 is 2.71 bits per heavy atom. The lowest BCUT2D eigenvalue weighted by molar-refractivity contribution is -0.137. The number of hydrogen-bond donors (Lipinski definition) is 3. The third-order valence-corrected chi connectivity index (χ3v) is 2.73. The lowest BCUT2D eigenvalue weighted by Crippen LogP contribution is -2.44. The van der Waals surface area contributed by atoms with E-state index in [2.05, 4.69) is 10.6 Å². The predicted molar refractivity (Wildman–Crippen MR) is 64.7 cm³/mol. The molecule has 5 heteroatoms. The standard InChI is InChI=1S/C12H20N2O3/c1-2-3-4-7-13-12(17)14-10(8-11(15)16)9-5-6-9/h2-3,9-10H,4-8H2,1H3,(H,15,16)(H2,13,14,17)/b3-2+. The first kappa shape index (κ1) is 13.5. The lowest BCUT2D eigenvalue weighted by Gasteiger charge is -2.16. The number of carbonyl (C=O) groups is 2. The highest BCUT2D eigenvalue weighted by Gasteiger charge is 2.33. The van der Waals surface area contributed by atoms with E-state index in [9.17, 15) is 9.59 Å². The fourth-order valence-corrected chi connectivity index (χ4v) is 1.68. The third kappa shape index (κ3) is 5.94. The van der Waals surface area contributed by atoms with Crippen LogP contribution in [0.5, 0.6) is 0 Å². The number of rotatable bonds is 7. The van der Waals surface area contributed by atoms with Crippen LogP contribution in [0.3, 0.4) is 0 Å². The molecule has 0 aromatic heterocycles. The SMILES string of the molecule is C/C=C/CCNC(=O)NC(CC(=O)O)C1CC1. The Balaban J connectivity index is 2.23. The van der Waals surface area contributed by atoms with E-state index in [0.29, 0.717) is 12.5 Å². The lowest BCUT2D eigenvalue weighted by atomic mass is 10.1. The molecule has 0 saturated heterocycles. The molecule has 1 saturated carbocycles. The van der Waals surface area contributed by atoms with E-state index in [1.807, 2.05) is 19.1 Å². The van der Waals surface area contributed by atoms with Gasteiger partial charge in [-0.3, -0.25) is 4.79 Å². The summed E-state index contributed by atoms with van der Waals surface area (Å²) in [5.41, 5.74) is 0. The van der Waals surface area contributed by atoms with E-state index in [1.54, 1.807) is 0 Å². The van der Waals surface area contributed by atoms with Gasteiger partial charge in [0.2, 0.25) is 0 Å². The van der Waals surface area contributed by atoms with Crippen molar-refractivity contribution in [3.63, 3.8) is 0 Å². The average molecular weight is 240 g/mol. The van der Waals surface area contributed by atoms with E-state index >= 15 is 0 Å². The van der Waals surface area contributed by atoms with Gasteiger partial charge in [0, 0.05) is 12.6 Å². The number of hydrogen-bond acceptors (Lipinski definition) is 2. The number of urea groups is 1. The van der Waals surface area contributed by atoms with Gasteiger partial charge in [-0.2, -0.15) is 0 Å². The summed E-state index contributed by atoms with van der Waals surface area (Å²) in [6.07, 6.45) is 6.71. The minimum atomic E-state index is -0.865. The quantitative estimate of drug-likeness (QED) is 0.466. The van der Waals surface area contributed by atoms with Gasteiger partial charge in [-0.15, -0.1) is 0 Å². The van der Waals surface area contributed by atoms with Crippen molar-refractivity contribution < 1.29 is 14.7 Å². The van der Waals surface area contributed by atoms with Crippen molar-refractivity contribution in [2.24, 2.45) is 5.92 Å². The van der Waals surface area contributed by atoms with Gasteiger partial charge in [0.1, 0.15) is 0 Å².